The molecule has 0 radical (unpaired) electrons. The van der Waals surface area contributed by atoms with Gasteiger partial charge in [0.2, 0.25) is 5.91 Å². The summed E-state index contributed by atoms with van der Waals surface area (Å²) in [6, 6.07) is 0. The largest absolute Gasteiger partial charge is 0.393 e. The fourth-order valence-electron chi connectivity index (χ4n) is 4.35. The van der Waals surface area contributed by atoms with Gasteiger partial charge in [-0.15, -0.1) is 0 Å². The Morgan fingerprint density at radius 1 is 1.10 bits per heavy atom. The summed E-state index contributed by atoms with van der Waals surface area (Å²) in [4.78, 5) is 17.0. The average Bonchev–Trinajstić information content (AvgIpc) is 2.54. The summed E-state index contributed by atoms with van der Waals surface area (Å²) in [7, 11) is 0. The van der Waals surface area contributed by atoms with Crippen molar-refractivity contribution in [2.45, 2.75) is 58.0 Å². The van der Waals surface area contributed by atoms with Crippen LogP contribution in [0, 0.1) is 11.3 Å². The number of nitrogens with zero attached hydrogens (tertiary/aromatic N) is 2. The van der Waals surface area contributed by atoms with Gasteiger partial charge < -0.3 is 14.9 Å². The average molecular weight is 294 g/mol. The third-order valence-corrected chi connectivity index (χ3v) is 6.35. The fraction of sp³-hybridized carbons (Fsp3) is 0.941. The molecule has 2 heterocycles. The monoisotopic (exact) mass is 294 g/mol. The van der Waals surface area contributed by atoms with Crippen LogP contribution in [0.1, 0.15) is 51.9 Å². The topological polar surface area (TPSA) is 43.8 Å². The van der Waals surface area contributed by atoms with Crippen LogP contribution < -0.4 is 0 Å². The first-order valence-corrected chi connectivity index (χ1v) is 8.81. The Morgan fingerprint density at radius 2 is 1.76 bits per heavy atom. The highest BCUT2D eigenvalue weighted by Gasteiger charge is 2.47. The fourth-order valence-corrected chi connectivity index (χ4v) is 4.35. The van der Waals surface area contributed by atoms with E-state index in [2.05, 4.69) is 16.7 Å². The number of likely N-dealkylation sites (tertiary alicyclic amines) is 2. The van der Waals surface area contributed by atoms with E-state index in [0.717, 1.165) is 64.8 Å². The van der Waals surface area contributed by atoms with Crippen molar-refractivity contribution in [1.29, 1.82) is 0 Å². The normalized spacial score (nSPS) is 30.4. The second-order valence-electron chi connectivity index (χ2n) is 7.38. The minimum absolute atomic E-state index is 0.104. The van der Waals surface area contributed by atoms with Gasteiger partial charge in [-0.2, -0.15) is 0 Å². The number of amides is 1. The first-order chi connectivity index (χ1) is 10.1. The van der Waals surface area contributed by atoms with E-state index in [9.17, 15) is 9.90 Å². The Morgan fingerprint density at radius 3 is 2.24 bits per heavy atom. The molecule has 1 spiro atoms. The molecule has 0 bridgehead atoms. The lowest BCUT2D eigenvalue weighted by atomic mass is 9.61. The van der Waals surface area contributed by atoms with E-state index < -0.39 is 0 Å². The van der Waals surface area contributed by atoms with Crippen molar-refractivity contribution in [1.82, 2.24) is 9.80 Å². The van der Waals surface area contributed by atoms with Gasteiger partial charge in [-0.3, -0.25) is 4.79 Å². The van der Waals surface area contributed by atoms with Crippen LogP contribution in [0.25, 0.3) is 0 Å². The highest BCUT2D eigenvalue weighted by atomic mass is 16.3. The lowest BCUT2D eigenvalue weighted by Gasteiger charge is -2.51. The lowest BCUT2D eigenvalue weighted by Crippen LogP contribution is -2.53. The highest BCUT2D eigenvalue weighted by molar-refractivity contribution is 5.76. The molecule has 4 heteroatoms. The molecule has 2 saturated heterocycles. The van der Waals surface area contributed by atoms with Gasteiger partial charge in [-0.1, -0.05) is 6.92 Å². The molecule has 1 saturated carbocycles. The van der Waals surface area contributed by atoms with E-state index in [0.29, 0.717) is 11.8 Å². The van der Waals surface area contributed by atoms with Crippen LogP contribution in [-0.2, 0) is 4.79 Å². The van der Waals surface area contributed by atoms with E-state index in [1.807, 2.05) is 0 Å². The van der Waals surface area contributed by atoms with Crippen LogP contribution in [0.4, 0.5) is 0 Å². The summed E-state index contributed by atoms with van der Waals surface area (Å²) >= 11 is 0. The molecule has 120 valence electrons. The minimum Gasteiger partial charge on any atom is -0.393 e. The van der Waals surface area contributed by atoms with Crippen molar-refractivity contribution >= 4 is 5.91 Å². The maximum atomic E-state index is 12.5. The Labute approximate surface area is 128 Å². The molecule has 4 nitrogen and oxygen atoms in total. The molecule has 3 aliphatic rings. The van der Waals surface area contributed by atoms with Gasteiger partial charge in [0.05, 0.1) is 6.10 Å². The predicted molar refractivity (Wildman–Crippen MR) is 82.9 cm³/mol. The number of aliphatic hydroxyl groups is 1. The molecular weight excluding hydrogens is 264 g/mol. The van der Waals surface area contributed by atoms with Crippen molar-refractivity contribution < 1.29 is 9.90 Å². The zero-order valence-electron chi connectivity index (χ0n) is 13.4. The van der Waals surface area contributed by atoms with Crippen LogP contribution >= 0.6 is 0 Å². The Balaban J connectivity index is 1.42. The lowest BCUT2D eigenvalue weighted by molar-refractivity contribution is -0.142. The van der Waals surface area contributed by atoms with Crippen molar-refractivity contribution in [3.8, 4) is 0 Å². The van der Waals surface area contributed by atoms with E-state index >= 15 is 0 Å². The third kappa shape index (κ3) is 3.11. The van der Waals surface area contributed by atoms with Gasteiger partial charge in [0.1, 0.15) is 0 Å². The van der Waals surface area contributed by atoms with Gasteiger partial charge >= 0.3 is 0 Å². The standard InChI is InChI=1S/C17H30N2O2/c1-2-18-9-4-14(5-10-18)13-16(21)19-11-7-17(8-12-19)6-3-15(17)20/h14-15,20H,2-13H2,1H3. The molecule has 3 fully saturated rings. The Hall–Kier alpha value is -0.610. The van der Waals surface area contributed by atoms with Crippen LogP contribution in [0.3, 0.4) is 0 Å². The van der Waals surface area contributed by atoms with Gasteiger partial charge in [0.25, 0.3) is 0 Å². The van der Waals surface area contributed by atoms with E-state index in [1.54, 1.807) is 0 Å². The molecule has 1 atom stereocenters. The Bertz CT molecular complexity index is 369. The molecule has 1 N–H and O–H groups in total. The number of carbonyl (C=O) groups is 1. The van der Waals surface area contributed by atoms with Crippen molar-refractivity contribution in [3.63, 3.8) is 0 Å². The second-order valence-corrected chi connectivity index (χ2v) is 7.38. The van der Waals surface area contributed by atoms with Crippen molar-refractivity contribution in [2.24, 2.45) is 11.3 Å². The summed E-state index contributed by atoms with van der Waals surface area (Å²) in [6.45, 7) is 7.39. The number of aliphatic hydroxyl groups excluding tert-OH is 1. The van der Waals surface area contributed by atoms with E-state index in [1.165, 1.54) is 12.8 Å². The second kappa shape index (κ2) is 6.25. The summed E-state index contributed by atoms with van der Waals surface area (Å²) in [5, 5.41) is 9.95. The Kier molecular flexibility index (Phi) is 4.55. The van der Waals surface area contributed by atoms with E-state index in [-0.39, 0.29) is 11.5 Å². The molecule has 1 amide bonds. The van der Waals surface area contributed by atoms with Gasteiger partial charge in [-0.25, -0.2) is 0 Å². The van der Waals surface area contributed by atoms with Gasteiger partial charge in [-0.05, 0) is 69.5 Å². The van der Waals surface area contributed by atoms with Gasteiger partial charge in [0.15, 0.2) is 0 Å². The third-order valence-electron chi connectivity index (χ3n) is 6.35. The smallest absolute Gasteiger partial charge is 0.222 e. The first-order valence-electron chi connectivity index (χ1n) is 8.81. The molecule has 1 aliphatic carbocycles. The van der Waals surface area contributed by atoms with Crippen LogP contribution in [0.15, 0.2) is 0 Å². The molecule has 1 unspecified atom stereocenters. The number of hydrogen-bond acceptors (Lipinski definition) is 3. The highest BCUT2D eigenvalue weighted by Crippen LogP contribution is 2.49. The molecule has 0 aromatic heterocycles. The molecule has 2 aliphatic heterocycles. The van der Waals surface area contributed by atoms with Gasteiger partial charge in [0, 0.05) is 19.5 Å². The van der Waals surface area contributed by atoms with Crippen LogP contribution in [0.5, 0.6) is 0 Å². The molecule has 21 heavy (non-hydrogen) atoms. The van der Waals surface area contributed by atoms with Crippen LogP contribution in [0.2, 0.25) is 0 Å². The summed E-state index contributed by atoms with van der Waals surface area (Å²) < 4.78 is 0. The van der Waals surface area contributed by atoms with Crippen molar-refractivity contribution in [3.05, 3.63) is 0 Å². The number of piperidine rings is 2. The zero-order valence-corrected chi connectivity index (χ0v) is 13.4. The molecule has 0 aromatic carbocycles. The predicted octanol–water partition coefficient (Wildman–Crippen LogP) is 1.87. The SMILES string of the molecule is CCN1CCC(CC(=O)N2CCC3(CCC3O)CC2)CC1. The number of rotatable bonds is 3. The minimum atomic E-state index is -0.104. The first kappa shape index (κ1) is 15.3. The summed E-state index contributed by atoms with van der Waals surface area (Å²) in [5.74, 6) is 0.944. The summed E-state index contributed by atoms with van der Waals surface area (Å²) in [5.41, 5.74) is 0.170. The summed E-state index contributed by atoms with van der Waals surface area (Å²) in [6.07, 6.45) is 7.13. The maximum Gasteiger partial charge on any atom is 0.222 e. The quantitative estimate of drug-likeness (QED) is 0.864. The number of carbonyl (C=O) groups excluding carboxylic acids is 1. The molecule has 0 aromatic rings. The molecular formula is C17H30N2O2. The van der Waals surface area contributed by atoms with Crippen LogP contribution in [-0.4, -0.2) is 59.6 Å². The van der Waals surface area contributed by atoms with Crippen molar-refractivity contribution in [2.75, 3.05) is 32.7 Å². The molecule has 3 rings (SSSR count). The maximum absolute atomic E-state index is 12.5. The number of hydrogen-bond donors (Lipinski definition) is 1. The zero-order chi connectivity index (χ0) is 14.9. The van der Waals surface area contributed by atoms with E-state index in [4.69, 9.17) is 0 Å².